The number of amides is 1. The Labute approximate surface area is 164 Å². The number of pyridine rings is 1. The first kappa shape index (κ1) is 17.7. The van der Waals surface area contributed by atoms with Gasteiger partial charge in [0.1, 0.15) is 0 Å². The molecule has 0 aromatic carbocycles. The summed E-state index contributed by atoms with van der Waals surface area (Å²) in [5.74, 6) is 0.868. The van der Waals surface area contributed by atoms with Crippen molar-refractivity contribution in [2.75, 3.05) is 26.3 Å². The van der Waals surface area contributed by atoms with Gasteiger partial charge in [0.15, 0.2) is 0 Å². The van der Waals surface area contributed by atoms with E-state index < -0.39 is 0 Å². The van der Waals surface area contributed by atoms with E-state index in [1.54, 1.807) is 6.07 Å². The molecule has 5 heterocycles. The van der Waals surface area contributed by atoms with Crippen LogP contribution in [0.5, 0.6) is 0 Å². The number of nitrogens with zero attached hydrogens (tertiary/aromatic N) is 3. The molecule has 2 aromatic heterocycles. The summed E-state index contributed by atoms with van der Waals surface area (Å²) in [5.41, 5.74) is 0.994. The van der Waals surface area contributed by atoms with Gasteiger partial charge in [-0.15, -0.1) is 0 Å². The molecule has 0 unspecified atom stereocenters. The molecule has 5 rings (SSSR count). The number of carbonyl (C=O) groups is 1. The summed E-state index contributed by atoms with van der Waals surface area (Å²) in [6.45, 7) is 3.61. The van der Waals surface area contributed by atoms with Crippen molar-refractivity contribution in [3.8, 4) is 0 Å². The first-order valence-corrected chi connectivity index (χ1v) is 10.3. The number of piperidine rings is 1. The van der Waals surface area contributed by atoms with Gasteiger partial charge < -0.3 is 18.8 Å². The third kappa shape index (κ3) is 3.00. The zero-order valence-corrected chi connectivity index (χ0v) is 16.1. The summed E-state index contributed by atoms with van der Waals surface area (Å²) < 4.78 is 9.72. The molecule has 6 heteroatoms. The second-order valence-corrected chi connectivity index (χ2v) is 8.60. The number of aromatic nitrogens is 2. The summed E-state index contributed by atoms with van der Waals surface area (Å²) in [6, 6.07) is 9.59. The van der Waals surface area contributed by atoms with Gasteiger partial charge >= 0.3 is 0 Å². The van der Waals surface area contributed by atoms with Crippen LogP contribution in [0.4, 0.5) is 0 Å². The van der Waals surface area contributed by atoms with Crippen molar-refractivity contribution >= 4 is 5.91 Å². The van der Waals surface area contributed by atoms with E-state index >= 15 is 0 Å². The number of likely N-dealkylation sites (tertiary alicyclic amines) is 1. The van der Waals surface area contributed by atoms with E-state index in [2.05, 4.69) is 27.9 Å². The normalized spacial score (nSPS) is 25.9. The van der Waals surface area contributed by atoms with Gasteiger partial charge in [0.05, 0.1) is 12.0 Å². The minimum atomic E-state index is -0.180. The molecular weight excluding hydrogens is 354 g/mol. The molecule has 1 amide bonds. The highest BCUT2D eigenvalue weighted by Crippen LogP contribution is 2.38. The fourth-order valence-electron chi connectivity index (χ4n) is 5.42. The maximum absolute atomic E-state index is 13.4. The van der Waals surface area contributed by atoms with Crippen molar-refractivity contribution in [2.24, 2.45) is 5.92 Å². The molecule has 0 spiro atoms. The van der Waals surface area contributed by atoms with Crippen molar-refractivity contribution in [3.05, 3.63) is 58.8 Å². The van der Waals surface area contributed by atoms with Crippen LogP contribution in [0.1, 0.15) is 37.3 Å². The lowest BCUT2D eigenvalue weighted by molar-refractivity contribution is -0.137. The number of ether oxygens (including phenoxy) is 1. The molecule has 28 heavy (non-hydrogen) atoms. The predicted molar refractivity (Wildman–Crippen MR) is 105 cm³/mol. The standard InChI is InChI=1S/C22H27N3O3/c26-20-5-3-4-19-18-12-17(15-25(19)20)14-23(16-18)21(27)13-22(6-10-28-11-7-22)24-8-1-2-9-24/h1-5,8-9,17-18H,6-7,10-16H2/t17-,18+/m1/s1. The van der Waals surface area contributed by atoms with E-state index in [4.69, 9.17) is 4.74 Å². The van der Waals surface area contributed by atoms with Gasteiger partial charge in [0.2, 0.25) is 5.91 Å². The van der Waals surface area contributed by atoms with Crippen molar-refractivity contribution in [1.82, 2.24) is 14.0 Å². The van der Waals surface area contributed by atoms with Gasteiger partial charge in [-0.1, -0.05) is 6.07 Å². The van der Waals surface area contributed by atoms with E-state index in [0.717, 1.165) is 44.6 Å². The molecular formula is C22H27N3O3. The SMILES string of the molecule is O=C(CC1(n2cccc2)CCOCC1)N1C[C@H]2C[C@@H](C1)c1cccc(=O)n1C2. The van der Waals surface area contributed by atoms with E-state index in [-0.39, 0.29) is 22.9 Å². The summed E-state index contributed by atoms with van der Waals surface area (Å²) in [6.07, 6.45) is 7.48. The fraction of sp³-hybridized carbons (Fsp3) is 0.545. The minimum absolute atomic E-state index is 0.0840. The van der Waals surface area contributed by atoms with Crippen molar-refractivity contribution in [2.45, 2.75) is 43.7 Å². The van der Waals surface area contributed by atoms with Crippen LogP contribution in [0.3, 0.4) is 0 Å². The predicted octanol–water partition coefficient (Wildman–Crippen LogP) is 2.19. The van der Waals surface area contributed by atoms with Gasteiger partial charge in [-0.05, 0) is 43.4 Å². The smallest absolute Gasteiger partial charge is 0.250 e. The molecule has 2 fully saturated rings. The van der Waals surface area contributed by atoms with Gasteiger partial charge in [-0.2, -0.15) is 0 Å². The molecule has 0 saturated carbocycles. The molecule has 3 aliphatic heterocycles. The number of carbonyl (C=O) groups excluding carboxylic acids is 1. The first-order chi connectivity index (χ1) is 13.6. The number of rotatable bonds is 3. The Morgan fingerprint density at radius 1 is 1.07 bits per heavy atom. The van der Waals surface area contributed by atoms with Crippen LogP contribution in [0.2, 0.25) is 0 Å². The molecule has 148 valence electrons. The number of hydrogen-bond acceptors (Lipinski definition) is 3. The van der Waals surface area contributed by atoms with Gasteiger partial charge in [0.25, 0.3) is 5.56 Å². The number of hydrogen-bond donors (Lipinski definition) is 0. The van der Waals surface area contributed by atoms with Gasteiger partial charge in [0, 0.05) is 62.9 Å². The molecule has 2 atom stereocenters. The Bertz CT molecular complexity index is 911. The van der Waals surface area contributed by atoms with Crippen molar-refractivity contribution < 1.29 is 9.53 Å². The molecule has 2 bridgehead atoms. The lowest BCUT2D eigenvalue weighted by atomic mass is 9.81. The lowest BCUT2D eigenvalue weighted by Gasteiger charge is -2.45. The van der Waals surface area contributed by atoms with Gasteiger partial charge in [-0.3, -0.25) is 9.59 Å². The Morgan fingerprint density at radius 3 is 2.64 bits per heavy atom. The van der Waals surface area contributed by atoms with Gasteiger partial charge in [-0.25, -0.2) is 0 Å². The molecule has 2 saturated heterocycles. The van der Waals surface area contributed by atoms with E-state index in [1.807, 2.05) is 22.8 Å². The largest absolute Gasteiger partial charge is 0.381 e. The van der Waals surface area contributed by atoms with Crippen LogP contribution >= 0.6 is 0 Å². The van der Waals surface area contributed by atoms with Crippen LogP contribution in [-0.2, 0) is 21.6 Å². The fourth-order valence-corrected chi connectivity index (χ4v) is 5.42. The Balaban J connectivity index is 1.37. The monoisotopic (exact) mass is 381 g/mol. The van der Waals surface area contributed by atoms with E-state index in [9.17, 15) is 9.59 Å². The minimum Gasteiger partial charge on any atom is -0.381 e. The highest BCUT2D eigenvalue weighted by atomic mass is 16.5. The quantitative estimate of drug-likeness (QED) is 0.819. The highest BCUT2D eigenvalue weighted by molar-refractivity contribution is 5.77. The topological polar surface area (TPSA) is 56.5 Å². The second kappa shape index (κ2) is 6.92. The maximum Gasteiger partial charge on any atom is 0.250 e. The van der Waals surface area contributed by atoms with Crippen molar-refractivity contribution in [3.63, 3.8) is 0 Å². The summed E-state index contributed by atoms with van der Waals surface area (Å²) in [5, 5.41) is 0. The third-order valence-electron chi connectivity index (χ3n) is 6.89. The summed E-state index contributed by atoms with van der Waals surface area (Å²) >= 11 is 0. The summed E-state index contributed by atoms with van der Waals surface area (Å²) in [4.78, 5) is 27.7. The molecule has 0 aliphatic carbocycles. The molecule has 2 aromatic rings. The van der Waals surface area contributed by atoms with Crippen LogP contribution in [0.15, 0.2) is 47.5 Å². The number of fused-ring (bicyclic) bond motifs is 4. The van der Waals surface area contributed by atoms with Crippen LogP contribution in [-0.4, -0.2) is 46.2 Å². The van der Waals surface area contributed by atoms with Crippen molar-refractivity contribution in [1.29, 1.82) is 0 Å². The average molecular weight is 381 g/mol. The Hall–Kier alpha value is -2.34. The lowest BCUT2D eigenvalue weighted by Crippen LogP contribution is -2.51. The molecule has 3 aliphatic rings. The summed E-state index contributed by atoms with van der Waals surface area (Å²) in [7, 11) is 0. The van der Waals surface area contributed by atoms with E-state index in [0.29, 0.717) is 25.6 Å². The molecule has 0 radical (unpaired) electrons. The van der Waals surface area contributed by atoms with Crippen LogP contribution < -0.4 is 5.56 Å². The maximum atomic E-state index is 13.4. The molecule has 6 nitrogen and oxygen atoms in total. The first-order valence-electron chi connectivity index (χ1n) is 10.3. The van der Waals surface area contributed by atoms with E-state index in [1.165, 1.54) is 0 Å². The zero-order chi connectivity index (χ0) is 19.1. The highest BCUT2D eigenvalue weighted by Gasteiger charge is 2.41. The average Bonchev–Trinajstić information content (AvgIpc) is 3.25. The Kier molecular flexibility index (Phi) is 4.38. The van der Waals surface area contributed by atoms with Crippen LogP contribution in [0, 0.1) is 5.92 Å². The van der Waals surface area contributed by atoms with Crippen LogP contribution in [0.25, 0.3) is 0 Å². The Morgan fingerprint density at radius 2 is 1.86 bits per heavy atom. The second-order valence-electron chi connectivity index (χ2n) is 8.60. The molecule has 0 N–H and O–H groups in total. The zero-order valence-electron chi connectivity index (χ0n) is 16.1. The third-order valence-corrected chi connectivity index (χ3v) is 6.89.